The molecule has 0 aliphatic rings. The molecule has 0 saturated carbocycles. The molecule has 2 aromatic carbocycles. The van der Waals surface area contributed by atoms with E-state index in [1.807, 2.05) is 19.1 Å². The lowest BCUT2D eigenvalue weighted by atomic mass is 10.2. The normalized spacial score (nSPS) is 10.1. The fourth-order valence-electron chi connectivity index (χ4n) is 2.19. The van der Waals surface area contributed by atoms with Gasteiger partial charge in [0.25, 0.3) is 5.91 Å². The Hall–Kier alpha value is -3.06. The maximum Gasteiger partial charge on any atom is 0.344 e. The van der Waals surface area contributed by atoms with Crippen LogP contribution in [0.2, 0.25) is 0 Å². The molecule has 0 unspecified atom stereocenters. The molecule has 144 valence electrons. The summed E-state index contributed by atoms with van der Waals surface area (Å²) < 4.78 is 20.6. The quantitative estimate of drug-likeness (QED) is 0.509. The molecule has 0 bridgehead atoms. The van der Waals surface area contributed by atoms with Gasteiger partial charge >= 0.3 is 5.97 Å². The third-order valence-corrected chi connectivity index (χ3v) is 3.52. The Morgan fingerprint density at radius 2 is 1.74 bits per heavy atom. The minimum absolute atomic E-state index is 0.193. The fourth-order valence-corrected chi connectivity index (χ4v) is 2.19. The summed E-state index contributed by atoms with van der Waals surface area (Å²) in [5.41, 5.74) is 1.03. The number of carbonyl (C=O) groups excluding carboxylic acids is 2. The number of amides is 1. The van der Waals surface area contributed by atoms with Crippen molar-refractivity contribution in [3.05, 3.63) is 54.1 Å². The third kappa shape index (κ3) is 6.63. The summed E-state index contributed by atoms with van der Waals surface area (Å²) in [6.45, 7) is 2.78. The van der Waals surface area contributed by atoms with E-state index in [0.717, 1.165) is 0 Å². The molecule has 0 heterocycles. The Morgan fingerprint density at radius 1 is 1.00 bits per heavy atom. The van der Waals surface area contributed by atoms with Crippen LogP contribution in [0.15, 0.2) is 48.5 Å². The highest BCUT2D eigenvalue weighted by Crippen LogP contribution is 2.24. The number of esters is 1. The highest BCUT2D eigenvalue weighted by Gasteiger charge is 2.10. The van der Waals surface area contributed by atoms with Gasteiger partial charge in [-0.2, -0.15) is 0 Å². The molecule has 2 aromatic rings. The van der Waals surface area contributed by atoms with Gasteiger partial charge in [0, 0.05) is 12.2 Å². The van der Waals surface area contributed by atoms with Crippen molar-refractivity contribution in [1.82, 2.24) is 0 Å². The van der Waals surface area contributed by atoms with Crippen molar-refractivity contribution in [2.75, 3.05) is 38.9 Å². The fraction of sp³-hybridized carbons (Fsp3) is 0.300. The molecule has 1 N–H and O–H groups in total. The molecule has 7 heteroatoms. The summed E-state index contributed by atoms with van der Waals surface area (Å²) in [5, 5.41) is 2.79. The zero-order chi connectivity index (χ0) is 19.5. The van der Waals surface area contributed by atoms with Gasteiger partial charge in [-0.05, 0) is 43.3 Å². The Kier molecular flexibility index (Phi) is 8.12. The maximum absolute atomic E-state index is 12.3. The van der Waals surface area contributed by atoms with Crippen molar-refractivity contribution in [3.8, 4) is 11.5 Å². The lowest BCUT2D eigenvalue weighted by Gasteiger charge is -2.10. The smallest absolute Gasteiger partial charge is 0.344 e. The van der Waals surface area contributed by atoms with Crippen LogP contribution in [-0.2, 0) is 14.3 Å². The Bertz CT molecular complexity index is 744. The van der Waals surface area contributed by atoms with E-state index in [-0.39, 0.29) is 19.1 Å². The summed E-state index contributed by atoms with van der Waals surface area (Å²) in [5.74, 6) is 0.285. The van der Waals surface area contributed by atoms with Crippen LogP contribution in [0.3, 0.4) is 0 Å². The van der Waals surface area contributed by atoms with E-state index in [1.165, 1.54) is 0 Å². The second kappa shape index (κ2) is 10.8. The second-order valence-electron chi connectivity index (χ2n) is 5.38. The van der Waals surface area contributed by atoms with Gasteiger partial charge in [0.05, 0.1) is 19.4 Å². The molecule has 0 spiro atoms. The van der Waals surface area contributed by atoms with Gasteiger partial charge in [-0.15, -0.1) is 0 Å². The van der Waals surface area contributed by atoms with E-state index >= 15 is 0 Å². The number of rotatable bonds is 10. The van der Waals surface area contributed by atoms with Crippen molar-refractivity contribution in [2.45, 2.75) is 6.92 Å². The number of nitrogens with one attached hydrogen (secondary N) is 1. The number of methoxy groups -OCH3 is 1. The number of hydrogen-bond acceptors (Lipinski definition) is 6. The molecule has 0 saturated heterocycles. The molecule has 0 aliphatic heterocycles. The molecule has 0 radical (unpaired) electrons. The van der Waals surface area contributed by atoms with Crippen LogP contribution in [0.5, 0.6) is 11.5 Å². The maximum atomic E-state index is 12.3. The van der Waals surface area contributed by atoms with E-state index in [4.69, 9.17) is 18.9 Å². The van der Waals surface area contributed by atoms with Gasteiger partial charge < -0.3 is 24.3 Å². The van der Waals surface area contributed by atoms with E-state index in [0.29, 0.717) is 36.0 Å². The SMILES string of the molecule is CCOCCOC(=O)COc1ccc(C(=O)Nc2ccccc2OC)cc1. The number of hydrogen-bond donors (Lipinski definition) is 1. The van der Waals surface area contributed by atoms with Crippen LogP contribution in [-0.4, -0.2) is 45.4 Å². The van der Waals surface area contributed by atoms with E-state index in [2.05, 4.69) is 5.32 Å². The first kappa shape index (κ1) is 20.3. The lowest BCUT2D eigenvalue weighted by Crippen LogP contribution is -2.17. The number of carbonyl (C=O) groups is 2. The predicted molar refractivity (Wildman–Crippen MR) is 100 cm³/mol. The van der Waals surface area contributed by atoms with Crippen molar-refractivity contribution >= 4 is 17.6 Å². The Balaban J connectivity index is 1.83. The van der Waals surface area contributed by atoms with Crippen LogP contribution >= 0.6 is 0 Å². The zero-order valence-corrected chi connectivity index (χ0v) is 15.4. The number of benzene rings is 2. The molecule has 0 fully saturated rings. The molecule has 1 amide bonds. The van der Waals surface area contributed by atoms with E-state index in [9.17, 15) is 9.59 Å². The van der Waals surface area contributed by atoms with Crippen LogP contribution in [0.25, 0.3) is 0 Å². The molecule has 7 nitrogen and oxygen atoms in total. The number of para-hydroxylation sites is 2. The number of ether oxygens (including phenoxy) is 4. The van der Waals surface area contributed by atoms with Crippen molar-refractivity contribution < 1.29 is 28.5 Å². The Morgan fingerprint density at radius 3 is 2.44 bits per heavy atom. The first-order valence-corrected chi connectivity index (χ1v) is 8.54. The zero-order valence-electron chi connectivity index (χ0n) is 15.4. The standard InChI is InChI=1S/C20H23NO6/c1-3-25-12-13-26-19(22)14-27-16-10-8-15(9-11-16)20(23)21-17-6-4-5-7-18(17)24-2/h4-11H,3,12-14H2,1-2H3,(H,21,23). The minimum Gasteiger partial charge on any atom is -0.495 e. The molecular weight excluding hydrogens is 350 g/mol. The second-order valence-corrected chi connectivity index (χ2v) is 5.38. The first-order chi connectivity index (χ1) is 13.1. The molecule has 0 aliphatic carbocycles. The third-order valence-electron chi connectivity index (χ3n) is 3.52. The van der Waals surface area contributed by atoms with Crippen molar-refractivity contribution in [3.63, 3.8) is 0 Å². The first-order valence-electron chi connectivity index (χ1n) is 8.54. The summed E-state index contributed by atoms with van der Waals surface area (Å²) in [7, 11) is 1.54. The average molecular weight is 373 g/mol. The average Bonchev–Trinajstić information content (AvgIpc) is 2.70. The van der Waals surface area contributed by atoms with Gasteiger partial charge in [-0.25, -0.2) is 4.79 Å². The van der Waals surface area contributed by atoms with Gasteiger partial charge in [0.2, 0.25) is 0 Å². The highest BCUT2D eigenvalue weighted by molar-refractivity contribution is 6.05. The van der Waals surface area contributed by atoms with Gasteiger partial charge in [0.1, 0.15) is 18.1 Å². The topological polar surface area (TPSA) is 83.1 Å². The predicted octanol–water partition coefficient (Wildman–Crippen LogP) is 2.91. The molecule has 27 heavy (non-hydrogen) atoms. The van der Waals surface area contributed by atoms with Crippen LogP contribution < -0.4 is 14.8 Å². The van der Waals surface area contributed by atoms with Crippen LogP contribution in [0.4, 0.5) is 5.69 Å². The van der Waals surface area contributed by atoms with Gasteiger partial charge in [-0.3, -0.25) is 4.79 Å². The molecule has 0 atom stereocenters. The molecule has 0 aromatic heterocycles. The van der Waals surface area contributed by atoms with Gasteiger partial charge in [-0.1, -0.05) is 12.1 Å². The highest BCUT2D eigenvalue weighted by atomic mass is 16.6. The largest absolute Gasteiger partial charge is 0.495 e. The summed E-state index contributed by atoms with van der Waals surface area (Å²) in [6.07, 6.45) is 0. The Labute approximate surface area is 158 Å². The minimum atomic E-state index is -0.479. The van der Waals surface area contributed by atoms with E-state index < -0.39 is 5.97 Å². The monoisotopic (exact) mass is 373 g/mol. The van der Waals surface area contributed by atoms with Crippen molar-refractivity contribution in [2.24, 2.45) is 0 Å². The number of anilines is 1. The lowest BCUT2D eigenvalue weighted by molar-refractivity contribution is -0.147. The van der Waals surface area contributed by atoms with Crippen LogP contribution in [0, 0.1) is 0 Å². The van der Waals surface area contributed by atoms with Crippen molar-refractivity contribution in [1.29, 1.82) is 0 Å². The van der Waals surface area contributed by atoms with Gasteiger partial charge in [0.15, 0.2) is 6.61 Å². The molecular formula is C20H23NO6. The van der Waals surface area contributed by atoms with Crippen LogP contribution in [0.1, 0.15) is 17.3 Å². The molecule has 2 rings (SSSR count). The summed E-state index contributed by atoms with van der Waals surface area (Å²) >= 11 is 0. The summed E-state index contributed by atoms with van der Waals surface area (Å²) in [6, 6.07) is 13.6. The summed E-state index contributed by atoms with van der Waals surface area (Å²) in [4.78, 5) is 23.9. The van der Waals surface area contributed by atoms with E-state index in [1.54, 1.807) is 43.5 Å².